The Hall–Kier alpha value is -1.36. The molecule has 0 aliphatic carbocycles. The largest absolute Gasteiger partial charge is 0.369 e. The molecule has 2 heterocycles. The Morgan fingerprint density at radius 3 is 2.92 bits per heavy atom. The van der Waals surface area contributed by atoms with Crippen molar-refractivity contribution < 1.29 is 0 Å². The molecule has 68 valence electrons. The van der Waals surface area contributed by atoms with Gasteiger partial charge in [-0.3, -0.25) is 0 Å². The molecule has 2 N–H and O–H groups in total. The Morgan fingerprint density at radius 2 is 2.38 bits per heavy atom. The Kier molecular flexibility index (Phi) is 2.02. The van der Waals surface area contributed by atoms with Crippen molar-refractivity contribution in [1.29, 1.82) is 0 Å². The van der Waals surface area contributed by atoms with Crippen molar-refractivity contribution in [3.63, 3.8) is 0 Å². The molecule has 0 amide bonds. The van der Waals surface area contributed by atoms with E-state index in [0.717, 1.165) is 11.6 Å². The van der Waals surface area contributed by atoms with Gasteiger partial charge in [0.15, 0.2) is 5.95 Å². The quantitative estimate of drug-likeness (QED) is 0.783. The number of rotatable bonds is 2. The zero-order valence-corrected chi connectivity index (χ0v) is 8.08. The third-order valence-electron chi connectivity index (χ3n) is 1.74. The molecule has 5 heteroatoms. The SMILES string of the molecule is Cc1ncc(Cn2ccnc2N)s1. The molecule has 0 aliphatic rings. The van der Waals surface area contributed by atoms with Gasteiger partial charge in [0.1, 0.15) is 0 Å². The van der Waals surface area contributed by atoms with Crippen LogP contribution in [0.4, 0.5) is 5.95 Å². The van der Waals surface area contributed by atoms with Crippen LogP contribution in [0.25, 0.3) is 0 Å². The lowest BCUT2D eigenvalue weighted by Gasteiger charge is -2.00. The summed E-state index contributed by atoms with van der Waals surface area (Å²) in [6, 6.07) is 0. The van der Waals surface area contributed by atoms with Crippen LogP contribution in [0, 0.1) is 6.92 Å². The molecule has 2 rings (SSSR count). The van der Waals surface area contributed by atoms with E-state index >= 15 is 0 Å². The zero-order valence-electron chi connectivity index (χ0n) is 7.27. The Labute approximate surface area is 80.1 Å². The molecule has 0 aliphatic heterocycles. The van der Waals surface area contributed by atoms with Crippen LogP contribution in [-0.4, -0.2) is 14.5 Å². The first-order chi connectivity index (χ1) is 6.25. The van der Waals surface area contributed by atoms with E-state index in [1.54, 1.807) is 17.5 Å². The second-order valence-corrected chi connectivity index (χ2v) is 4.08. The zero-order chi connectivity index (χ0) is 9.26. The van der Waals surface area contributed by atoms with Crippen molar-refractivity contribution in [1.82, 2.24) is 14.5 Å². The number of anilines is 1. The van der Waals surface area contributed by atoms with Gasteiger partial charge in [0.2, 0.25) is 0 Å². The number of hydrogen-bond donors (Lipinski definition) is 1. The molecule has 0 aromatic carbocycles. The lowest BCUT2D eigenvalue weighted by Crippen LogP contribution is -2.02. The van der Waals surface area contributed by atoms with Crippen LogP contribution in [0.3, 0.4) is 0 Å². The Bertz CT molecular complexity index is 404. The van der Waals surface area contributed by atoms with E-state index in [2.05, 4.69) is 9.97 Å². The first-order valence-electron chi connectivity index (χ1n) is 3.93. The van der Waals surface area contributed by atoms with E-state index in [4.69, 9.17) is 5.73 Å². The molecule has 0 saturated carbocycles. The average molecular weight is 194 g/mol. The van der Waals surface area contributed by atoms with Crippen LogP contribution < -0.4 is 5.73 Å². The Morgan fingerprint density at radius 1 is 1.54 bits per heavy atom. The van der Waals surface area contributed by atoms with Gasteiger partial charge in [-0.2, -0.15) is 0 Å². The second-order valence-electron chi connectivity index (χ2n) is 2.76. The number of aryl methyl sites for hydroxylation is 1. The fourth-order valence-corrected chi connectivity index (χ4v) is 1.91. The van der Waals surface area contributed by atoms with Crippen LogP contribution in [-0.2, 0) is 6.54 Å². The summed E-state index contributed by atoms with van der Waals surface area (Å²) in [4.78, 5) is 9.31. The van der Waals surface area contributed by atoms with Gasteiger partial charge in [-0.25, -0.2) is 9.97 Å². The number of nitrogens with two attached hydrogens (primary N) is 1. The van der Waals surface area contributed by atoms with E-state index in [1.165, 1.54) is 4.88 Å². The maximum Gasteiger partial charge on any atom is 0.200 e. The maximum atomic E-state index is 5.63. The molecule has 2 aromatic heterocycles. The summed E-state index contributed by atoms with van der Waals surface area (Å²) < 4.78 is 1.90. The van der Waals surface area contributed by atoms with E-state index < -0.39 is 0 Å². The molecule has 0 saturated heterocycles. The molecule has 0 bridgehead atoms. The van der Waals surface area contributed by atoms with Crippen LogP contribution in [0.2, 0.25) is 0 Å². The highest BCUT2D eigenvalue weighted by Gasteiger charge is 2.01. The molecule has 0 unspecified atom stereocenters. The summed E-state index contributed by atoms with van der Waals surface area (Å²) >= 11 is 1.68. The number of nitrogen functional groups attached to an aromatic ring is 1. The van der Waals surface area contributed by atoms with E-state index in [9.17, 15) is 0 Å². The highest BCUT2D eigenvalue weighted by atomic mass is 32.1. The number of hydrogen-bond acceptors (Lipinski definition) is 4. The van der Waals surface area contributed by atoms with Gasteiger partial charge in [0.25, 0.3) is 0 Å². The summed E-state index contributed by atoms with van der Waals surface area (Å²) in [6.07, 6.45) is 5.44. The van der Waals surface area contributed by atoms with Gasteiger partial charge in [-0.1, -0.05) is 0 Å². The summed E-state index contributed by atoms with van der Waals surface area (Å²) in [7, 11) is 0. The summed E-state index contributed by atoms with van der Waals surface area (Å²) in [5.74, 6) is 0.547. The Balaban J connectivity index is 2.19. The van der Waals surface area contributed by atoms with E-state index in [0.29, 0.717) is 5.95 Å². The highest BCUT2D eigenvalue weighted by molar-refractivity contribution is 7.11. The number of imidazole rings is 1. The smallest absolute Gasteiger partial charge is 0.200 e. The predicted molar refractivity (Wildman–Crippen MR) is 52.6 cm³/mol. The van der Waals surface area contributed by atoms with Crippen molar-refractivity contribution in [3.8, 4) is 0 Å². The van der Waals surface area contributed by atoms with Gasteiger partial charge >= 0.3 is 0 Å². The van der Waals surface area contributed by atoms with Crippen molar-refractivity contribution in [2.75, 3.05) is 5.73 Å². The average Bonchev–Trinajstić information content (AvgIpc) is 2.64. The van der Waals surface area contributed by atoms with Gasteiger partial charge in [-0.15, -0.1) is 11.3 Å². The van der Waals surface area contributed by atoms with Crippen LogP contribution in [0.5, 0.6) is 0 Å². The van der Waals surface area contributed by atoms with Crippen LogP contribution in [0.1, 0.15) is 9.88 Å². The molecule has 0 radical (unpaired) electrons. The van der Waals surface area contributed by atoms with E-state index in [1.807, 2.05) is 23.9 Å². The van der Waals surface area contributed by atoms with Crippen LogP contribution in [0.15, 0.2) is 18.6 Å². The minimum absolute atomic E-state index is 0.547. The van der Waals surface area contributed by atoms with Gasteiger partial charge in [-0.05, 0) is 6.92 Å². The summed E-state index contributed by atoms with van der Waals surface area (Å²) in [5, 5.41) is 1.08. The third-order valence-corrected chi connectivity index (χ3v) is 2.64. The molecule has 2 aromatic rings. The van der Waals surface area contributed by atoms with Gasteiger partial charge in [0.05, 0.1) is 11.6 Å². The maximum absolute atomic E-state index is 5.63. The molecular weight excluding hydrogens is 184 g/mol. The second kappa shape index (κ2) is 3.18. The normalized spacial score (nSPS) is 10.5. The van der Waals surface area contributed by atoms with Crippen LogP contribution >= 0.6 is 11.3 Å². The highest BCUT2D eigenvalue weighted by Crippen LogP contribution is 2.14. The fraction of sp³-hybridized carbons (Fsp3) is 0.250. The minimum atomic E-state index is 0.547. The van der Waals surface area contributed by atoms with Crippen molar-refractivity contribution in [3.05, 3.63) is 28.5 Å². The number of thiazole rings is 1. The lowest BCUT2D eigenvalue weighted by atomic mass is 10.5. The van der Waals surface area contributed by atoms with Gasteiger partial charge < -0.3 is 10.3 Å². The molecule has 13 heavy (non-hydrogen) atoms. The molecule has 0 fully saturated rings. The number of nitrogens with zero attached hydrogens (tertiary/aromatic N) is 3. The van der Waals surface area contributed by atoms with Gasteiger partial charge in [0, 0.05) is 23.5 Å². The third kappa shape index (κ3) is 1.70. The molecule has 0 atom stereocenters. The molecular formula is C8H10N4S. The van der Waals surface area contributed by atoms with E-state index in [-0.39, 0.29) is 0 Å². The fourth-order valence-electron chi connectivity index (χ4n) is 1.12. The molecule has 0 spiro atoms. The predicted octanol–water partition coefficient (Wildman–Crippen LogP) is 1.28. The minimum Gasteiger partial charge on any atom is -0.369 e. The van der Waals surface area contributed by atoms with Crippen molar-refractivity contribution >= 4 is 17.3 Å². The lowest BCUT2D eigenvalue weighted by molar-refractivity contribution is 0.822. The summed E-state index contributed by atoms with van der Waals surface area (Å²) in [6.45, 7) is 2.75. The van der Waals surface area contributed by atoms with Crippen molar-refractivity contribution in [2.24, 2.45) is 0 Å². The topological polar surface area (TPSA) is 56.7 Å². The summed E-state index contributed by atoms with van der Waals surface area (Å²) in [5.41, 5.74) is 5.63. The first kappa shape index (κ1) is 8.25. The number of aromatic nitrogens is 3. The first-order valence-corrected chi connectivity index (χ1v) is 4.75. The standard InChI is InChI=1S/C8H10N4S/c1-6-11-4-7(13-6)5-12-3-2-10-8(12)9/h2-4H,5H2,1H3,(H2,9,10). The monoisotopic (exact) mass is 194 g/mol. The van der Waals surface area contributed by atoms with Crippen molar-refractivity contribution in [2.45, 2.75) is 13.5 Å². The molecule has 4 nitrogen and oxygen atoms in total.